The van der Waals surface area contributed by atoms with Crippen LogP contribution in [0.2, 0.25) is 0 Å². The molecule has 1 rings (SSSR count). The molecule has 1 atom stereocenters. The van der Waals surface area contributed by atoms with Crippen LogP contribution in [0.3, 0.4) is 0 Å². The first-order valence-electron chi connectivity index (χ1n) is 7.07. The fourth-order valence-corrected chi connectivity index (χ4v) is 2.00. The van der Waals surface area contributed by atoms with Crippen LogP contribution in [0.5, 0.6) is 0 Å². The molecule has 0 saturated carbocycles. The highest BCUT2D eigenvalue weighted by atomic mass is 16.3. The molecule has 104 valence electrons. The van der Waals surface area contributed by atoms with Crippen molar-refractivity contribution in [2.24, 2.45) is 0 Å². The molecule has 19 heavy (non-hydrogen) atoms. The SMILES string of the molecule is CCCCCC(O)CC(=O)/C=C/c1cccc(C)c1. The fraction of sp³-hybridized carbons (Fsp3) is 0.471. The van der Waals surface area contributed by atoms with Crippen molar-refractivity contribution >= 4 is 11.9 Å². The standard InChI is InChI=1S/C17H24O2/c1-3-4-5-9-16(18)13-17(19)11-10-15-8-6-7-14(2)12-15/h6-8,10-12,16,18H,3-5,9,13H2,1-2H3/b11-10+. The summed E-state index contributed by atoms with van der Waals surface area (Å²) in [7, 11) is 0. The zero-order valence-electron chi connectivity index (χ0n) is 11.9. The number of aryl methyl sites for hydroxylation is 1. The second-order valence-corrected chi connectivity index (χ2v) is 5.07. The number of rotatable bonds is 8. The van der Waals surface area contributed by atoms with Gasteiger partial charge >= 0.3 is 0 Å². The summed E-state index contributed by atoms with van der Waals surface area (Å²) in [5.41, 5.74) is 2.20. The highest BCUT2D eigenvalue weighted by molar-refractivity contribution is 5.93. The van der Waals surface area contributed by atoms with Gasteiger partial charge in [-0.3, -0.25) is 4.79 Å². The minimum atomic E-state index is -0.499. The predicted molar refractivity (Wildman–Crippen MR) is 80.0 cm³/mol. The van der Waals surface area contributed by atoms with Crippen LogP contribution < -0.4 is 0 Å². The maximum absolute atomic E-state index is 11.7. The topological polar surface area (TPSA) is 37.3 Å². The van der Waals surface area contributed by atoms with E-state index >= 15 is 0 Å². The molecule has 0 aliphatic carbocycles. The number of ketones is 1. The van der Waals surface area contributed by atoms with Gasteiger partial charge in [0.25, 0.3) is 0 Å². The number of carbonyl (C=O) groups excluding carboxylic acids is 1. The maximum Gasteiger partial charge on any atom is 0.158 e. The van der Waals surface area contributed by atoms with Crippen molar-refractivity contribution < 1.29 is 9.90 Å². The van der Waals surface area contributed by atoms with Crippen molar-refractivity contribution in [3.05, 3.63) is 41.5 Å². The summed E-state index contributed by atoms with van der Waals surface area (Å²) in [6.07, 6.45) is 7.07. The largest absolute Gasteiger partial charge is 0.393 e. The van der Waals surface area contributed by atoms with E-state index in [-0.39, 0.29) is 12.2 Å². The third kappa shape index (κ3) is 6.92. The molecule has 0 aliphatic heterocycles. The summed E-state index contributed by atoms with van der Waals surface area (Å²) in [6.45, 7) is 4.15. The quantitative estimate of drug-likeness (QED) is 0.568. The van der Waals surface area contributed by atoms with Crippen molar-refractivity contribution in [1.82, 2.24) is 0 Å². The molecule has 1 aromatic carbocycles. The number of unbranched alkanes of at least 4 members (excludes halogenated alkanes) is 2. The van der Waals surface area contributed by atoms with Gasteiger partial charge in [0.05, 0.1) is 6.10 Å². The highest BCUT2D eigenvalue weighted by Gasteiger charge is 2.07. The van der Waals surface area contributed by atoms with Gasteiger partial charge in [-0.25, -0.2) is 0 Å². The Labute approximate surface area is 116 Å². The zero-order chi connectivity index (χ0) is 14.1. The molecule has 0 aliphatic rings. The lowest BCUT2D eigenvalue weighted by molar-refractivity contribution is -0.116. The monoisotopic (exact) mass is 260 g/mol. The van der Waals surface area contributed by atoms with Gasteiger partial charge in [0.1, 0.15) is 0 Å². The molecule has 1 N–H and O–H groups in total. The molecule has 0 saturated heterocycles. The van der Waals surface area contributed by atoms with E-state index in [0.717, 1.165) is 31.2 Å². The Morgan fingerprint density at radius 3 is 2.84 bits per heavy atom. The second-order valence-electron chi connectivity index (χ2n) is 5.07. The van der Waals surface area contributed by atoms with Crippen LogP contribution in [0.1, 0.15) is 50.2 Å². The Morgan fingerprint density at radius 1 is 1.37 bits per heavy atom. The molecule has 0 spiro atoms. The van der Waals surface area contributed by atoms with E-state index in [4.69, 9.17) is 0 Å². The van der Waals surface area contributed by atoms with Gasteiger partial charge in [0, 0.05) is 6.42 Å². The van der Waals surface area contributed by atoms with E-state index < -0.39 is 6.10 Å². The van der Waals surface area contributed by atoms with E-state index in [2.05, 4.69) is 6.92 Å². The van der Waals surface area contributed by atoms with E-state index in [9.17, 15) is 9.90 Å². The average Bonchev–Trinajstić information content (AvgIpc) is 2.37. The van der Waals surface area contributed by atoms with Crippen LogP contribution in [0.25, 0.3) is 6.08 Å². The Kier molecular flexibility index (Phi) is 7.12. The minimum absolute atomic E-state index is 0.00879. The third-order valence-corrected chi connectivity index (χ3v) is 3.08. The molecule has 1 unspecified atom stereocenters. The molecular weight excluding hydrogens is 236 g/mol. The Bertz CT molecular complexity index is 421. The van der Waals surface area contributed by atoms with Crippen molar-refractivity contribution in [1.29, 1.82) is 0 Å². The smallest absolute Gasteiger partial charge is 0.158 e. The first-order valence-corrected chi connectivity index (χ1v) is 7.07. The number of aliphatic hydroxyl groups is 1. The van der Waals surface area contributed by atoms with Gasteiger partial charge in [-0.05, 0) is 25.0 Å². The molecule has 0 bridgehead atoms. The van der Waals surface area contributed by atoms with Crippen LogP contribution >= 0.6 is 0 Å². The lowest BCUT2D eigenvalue weighted by Crippen LogP contribution is -2.11. The molecule has 0 amide bonds. The van der Waals surface area contributed by atoms with Crippen molar-refractivity contribution in [3.8, 4) is 0 Å². The number of hydrogen-bond donors (Lipinski definition) is 1. The van der Waals surface area contributed by atoms with E-state index in [1.807, 2.05) is 37.3 Å². The number of allylic oxidation sites excluding steroid dienone is 1. The van der Waals surface area contributed by atoms with Crippen LogP contribution in [0, 0.1) is 6.92 Å². The molecular formula is C17H24O2. The Balaban J connectivity index is 2.38. The summed E-state index contributed by atoms with van der Waals surface area (Å²) in [5.74, 6) is -0.00879. The van der Waals surface area contributed by atoms with Crippen molar-refractivity contribution in [2.45, 2.75) is 52.1 Å². The number of carbonyl (C=O) groups is 1. The number of hydrogen-bond acceptors (Lipinski definition) is 2. The maximum atomic E-state index is 11.7. The lowest BCUT2D eigenvalue weighted by Gasteiger charge is -2.07. The third-order valence-electron chi connectivity index (χ3n) is 3.08. The predicted octanol–water partition coefficient (Wildman–Crippen LogP) is 3.91. The summed E-state index contributed by atoms with van der Waals surface area (Å²) in [6, 6.07) is 7.99. The zero-order valence-corrected chi connectivity index (χ0v) is 11.9. The second kappa shape index (κ2) is 8.65. The molecule has 0 aromatic heterocycles. The van der Waals surface area contributed by atoms with E-state index in [0.29, 0.717) is 0 Å². The van der Waals surface area contributed by atoms with Crippen LogP contribution in [0.15, 0.2) is 30.3 Å². The van der Waals surface area contributed by atoms with E-state index in [1.165, 1.54) is 5.56 Å². The minimum Gasteiger partial charge on any atom is -0.393 e. The summed E-state index contributed by atoms with van der Waals surface area (Å²) >= 11 is 0. The average molecular weight is 260 g/mol. The molecule has 2 heteroatoms. The molecule has 0 heterocycles. The summed E-state index contributed by atoms with van der Waals surface area (Å²) < 4.78 is 0. The van der Waals surface area contributed by atoms with Gasteiger partial charge in [-0.1, -0.05) is 62.1 Å². The summed E-state index contributed by atoms with van der Waals surface area (Å²) in [4.78, 5) is 11.7. The molecule has 1 aromatic rings. The van der Waals surface area contributed by atoms with Gasteiger partial charge in [0.15, 0.2) is 5.78 Å². The molecule has 0 radical (unpaired) electrons. The Morgan fingerprint density at radius 2 is 2.16 bits per heavy atom. The van der Waals surface area contributed by atoms with Crippen LogP contribution in [-0.4, -0.2) is 17.0 Å². The molecule has 2 nitrogen and oxygen atoms in total. The first kappa shape index (κ1) is 15.6. The first-order chi connectivity index (χ1) is 9.11. The van der Waals surface area contributed by atoms with Crippen LogP contribution in [-0.2, 0) is 4.79 Å². The lowest BCUT2D eigenvalue weighted by atomic mass is 10.0. The molecule has 0 fully saturated rings. The highest BCUT2D eigenvalue weighted by Crippen LogP contribution is 2.09. The normalized spacial score (nSPS) is 12.8. The fourth-order valence-electron chi connectivity index (χ4n) is 2.00. The van der Waals surface area contributed by atoms with Gasteiger partial charge in [-0.2, -0.15) is 0 Å². The number of benzene rings is 1. The summed E-state index contributed by atoms with van der Waals surface area (Å²) in [5, 5.41) is 9.73. The van der Waals surface area contributed by atoms with Crippen LogP contribution in [0.4, 0.5) is 0 Å². The van der Waals surface area contributed by atoms with Gasteiger partial charge < -0.3 is 5.11 Å². The number of aliphatic hydroxyl groups excluding tert-OH is 1. The van der Waals surface area contributed by atoms with Gasteiger partial charge in [0.2, 0.25) is 0 Å². The Hall–Kier alpha value is -1.41. The van der Waals surface area contributed by atoms with Crippen molar-refractivity contribution in [2.75, 3.05) is 0 Å². The van der Waals surface area contributed by atoms with E-state index in [1.54, 1.807) is 6.08 Å². The van der Waals surface area contributed by atoms with Crippen molar-refractivity contribution in [3.63, 3.8) is 0 Å². The van der Waals surface area contributed by atoms with Gasteiger partial charge in [-0.15, -0.1) is 0 Å².